The predicted molar refractivity (Wildman–Crippen MR) is 46.8 cm³/mol. The van der Waals surface area contributed by atoms with Gasteiger partial charge in [-0.1, -0.05) is 0 Å². The van der Waals surface area contributed by atoms with Gasteiger partial charge in [-0.2, -0.15) is 0 Å². The van der Waals surface area contributed by atoms with E-state index in [4.69, 9.17) is 4.74 Å². The Bertz CT molecular complexity index is 349. The van der Waals surface area contributed by atoms with Gasteiger partial charge in [0, 0.05) is 18.0 Å². The van der Waals surface area contributed by atoms with Crippen molar-refractivity contribution in [3.63, 3.8) is 0 Å². The van der Waals surface area contributed by atoms with Gasteiger partial charge >= 0.3 is 0 Å². The topological polar surface area (TPSA) is 51.2 Å². The molecule has 68 valence electrons. The lowest BCUT2D eigenvalue weighted by molar-refractivity contribution is 0.0957. The molecule has 1 aromatic heterocycles. The highest BCUT2D eigenvalue weighted by molar-refractivity contribution is 5.96. The summed E-state index contributed by atoms with van der Waals surface area (Å²) in [6.45, 7) is 2.93. The standard InChI is InChI=1S/C9H10N2O2/c1-6-4-8-7(5-11-6)9(12)10-2-3-13-8/h4-5H,2-3H2,1H3,(H,10,12). The van der Waals surface area contributed by atoms with Crippen molar-refractivity contribution in [1.29, 1.82) is 0 Å². The number of carbonyl (C=O) groups is 1. The van der Waals surface area contributed by atoms with Crippen LogP contribution in [0, 0.1) is 6.92 Å². The van der Waals surface area contributed by atoms with Crippen molar-refractivity contribution >= 4 is 5.91 Å². The van der Waals surface area contributed by atoms with E-state index in [9.17, 15) is 4.79 Å². The van der Waals surface area contributed by atoms with E-state index in [1.165, 1.54) is 0 Å². The van der Waals surface area contributed by atoms with Crippen LogP contribution in [0.5, 0.6) is 5.75 Å². The van der Waals surface area contributed by atoms with Crippen LogP contribution in [-0.2, 0) is 0 Å². The highest BCUT2D eigenvalue weighted by Gasteiger charge is 2.16. The molecule has 1 aliphatic heterocycles. The molecule has 13 heavy (non-hydrogen) atoms. The number of ether oxygens (including phenoxy) is 1. The summed E-state index contributed by atoms with van der Waals surface area (Å²) in [5.74, 6) is 0.516. The summed E-state index contributed by atoms with van der Waals surface area (Å²) in [6.07, 6.45) is 1.55. The third kappa shape index (κ3) is 1.47. The number of carbonyl (C=O) groups excluding carboxylic acids is 1. The van der Waals surface area contributed by atoms with Crippen molar-refractivity contribution in [1.82, 2.24) is 10.3 Å². The van der Waals surface area contributed by atoms with Crippen LogP contribution >= 0.6 is 0 Å². The van der Waals surface area contributed by atoms with E-state index in [1.54, 1.807) is 12.3 Å². The summed E-state index contributed by atoms with van der Waals surface area (Å²) in [4.78, 5) is 15.4. The van der Waals surface area contributed by atoms with Gasteiger partial charge in [-0.3, -0.25) is 9.78 Å². The number of aryl methyl sites for hydroxylation is 1. The van der Waals surface area contributed by atoms with Crippen LogP contribution in [-0.4, -0.2) is 24.0 Å². The van der Waals surface area contributed by atoms with Gasteiger partial charge in [0.2, 0.25) is 0 Å². The highest BCUT2D eigenvalue weighted by atomic mass is 16.5. The van der Waals surface area contributed by atoms with Gasteiger partial charge in [0.1, 0.15) is 12.4 Å². The number of aromatic nitrogens is 1. The Morgan fingerprint density at radius 3 is 3.31 bits per heavy atom. The number of fused-ring (bicyclic) bond motifs is 1. The zero-order valence-corrected chi connectivity index (χ0v) is 7.33. The molecule has 0 aromatic carbocycles. The number of nitrogens with zero attached hydrogens (tertiary/aromatic N) is 1. The fourth-order valence-electron chi connectivity index (χ4n) is 1.25. The number of pyridine rings is 1. The maximum atomic E-state index is 11.4. The molecule has 0 saturated carbocycles. The second-order valence-electron chi connectivity index (χ2n) is 2.93. The monoisotopic (exact) mass is 178 g/mol. The second-order valence-corrected chi connectivity index (χ2v) is 2.93. The molecule has 0 spiro atoms. The SMILES string of the molecule is Cc1cc2c(cn1)C(=O)NCCO2. The molecular formula is C9H10N2O2. The van der Waals surface area contributed by atoms with Crippen LogP contribution < -0.4 is 10.1 Å². The Balaban J connectivity index is 2.48. The van der Waals surface area contributed by atoms with Crippen LogP contribution in [0.2, 0.25) is 0 Å². The minimum Gasteiger partial charge on any atom is -0.491 e. The normalized spacial score (nSPS) is 15.3. The van der Waals surface area contributed by atoms with Gasteiger partial charge in [-0.05, 0) is 6.92 Å². The zero-order valence-electron chi connectivity index (χ0n) is 7.33. The zero-order chi connectivity index (χ0) is 9.26. The summed E-state index contributed by atoms with van der Waals surface area (Å²) >= 11 is 0. The summed E-state index contributed by atoms with van der Waals surface area (Å²) in [7, 11) is 0. The number of hydrogen-bond donors (Lipinski definition) is 1. The van der Waals surface area contributed by atoms with Crippen molar-refractivity contribution in [2.24, 2.45) is 0 Å². The fourth-order valence-corrected chi connectivity index (χ4v) is 1.25. The molecule has 1 amide bonds. The first-order valence-corrected chi connectivity index (χ1v) is 4.15. The van der Waals surface area contributed by atoms with E-state index in [1.807, 2.05) is 6.92 Å². The van der Waals surface area contributed by atoms with E-state index in [2.05, 4.69) is 10.3 Å². The van der Waals surface area contributed by atoms with Crippen LogP contribution in [0.25, 0.3) is 0 Å². The Morgan fingerprint density at radius 1 is 1.62 bits per heavy atom. The molecule has 1 aliphatic rings. The molecule has 2 rings (SSSR count). The Labute approximate surface area is 75.9 Å². The first-order valence-electron chi connectivity index (χ1n) is 4.15. The molecule has 0 atom stereocenters. The molecule has 0 bridgehead atoms. The largest absolute Gasteiger partial charge is 0.491 e. The van der Waals surface area contributed by atoms with Gasteiger partial charge in [0.15, 0.2) is 0 Å². The Kier molecular flexibility index (Phi) is 1.88. The molecule has 2 heterocycles. The van der Waals surface area contributed by atoms with Crippen molar-refractivity contribution in [3.05, 3.63) is 23.5 Å². The molecular weight excluding hydrogens is 168 g/mol. The summed E-state index contributed by atoms with van der Waals surface area (Å²) in [5.41, 5.74) is 1.37. The maximum Gasteiger partial charge on any atom is 0.256 e. The first kappa shape index (κ1) is 8.04. The molecule has 0 saturated heterocycles. The molecule has 0 aliphatic carbocycles. The van der Waals surface area contributed by atoms with E-state index < -0.39 is 0 Å². The maximum absolute atomic E-state index is 11.4. The summed E-state index contributed by atoms with van der Waals surface area (Å²) in [5, 5.41) is 2.72. The van der Waals surface area contributed by atoms with Crippen molar-refractivity contribution in [3.8, 4) is 5.75 Å². The second kappa shape index (κ2) is 3.05. The van der Waals surface area contributed by atoms with Crippen molar-refractivity contribution in [2.45, 2.75) is 6.92 Å². The smallest absolute Gasteiger partial charge is 0.256 e. The molecule has 4 heteroatoms. The Morgan fingerprint density at radius 2 is 2.46 bits per heavy atom. The lowest BCUT2D eigenvalue weighted by Gasteiger charge is -2.04. The van der Waals surface area contributed by atoms with Gasteiger partial charge in [0.05, 0.1) is 12.1 Å². The van der Waals surface area contributed by atoms with Crippen molar-refractivity contribution < 1.29 is 9.53 Å². The molecule has 0 unspecified atom stereocenters. The van der Waals surface area contributed by atoms with Gasteiger partial charge in [-0.15, -0.1) is 0 Å². The lowest BCUT2D eigenvalue weighted by atomic mass is 10.2. The minimum absolute atomic E-state index is 0.111. The number of amides is 1. The van der Waals surface area contributed by atoms with Crippen molar-refractivity contribution in [2.75, 3.05) is 13.2 Å². The quantitative estimate of drug-likeness (QED) is 0.629. The summed E-state index contributed by atoms with van der Waals surface area (Å²) in [6, 6.07) is 1.78. The predicted octanol–water partition coefficient (Wildman–Crippen LogP) is 0.512. The number of hydrogen-bond acceptors (Lipinski definition) is 3. The van der Waals surface area contributed by atoms with E-state index in [-0.39, 0.29) is 5.91 Å². The van der Waals surface area contributed by atoms with Gasteiger partial charge in [-0.25, -0.2) is 0 Å². The van der Waals surface area contributed by atoms with E-state index in [0.29, 0.717) is 24.5 Å². The van der Waals surface area contributed by atoms with Crippen LogP contribution in [0.1, 0.15) is 16.1 Å². The van der Waals surface area contributed by atoms with Gasteiger partial charge < -0.3 is 10.1 Å². The van der Waals surface area contributed by atoms with Crippen LogP contribution in [0.15, 0.2) is 12.3 Å². The first-order chi connectivity index (χ1) is 6.27. The number of rotatable bonds is 0. The molecule has 0 fully saturated rings. The average Bonchev–Trinajstić information content (AvgIpc) is 2.28. The minimum atomic E-state index is -0.111. The molecule has 1 aromatic rings. The summed E-state index contributed by atoms with van der Waals surface area (Å²) < 4.78 is 5.38. The molecule has 4 nitrogen and oxygen atoms in total. The van der Waals surface area contributed by atoms with E-state index >= 15 is 0 Å². The van der Waals surface area contributed by atoms with Crippen LogP contribution in [0.4, 0.5) is 0 Å². The fraction of sp³-hybridized carbons (Fsp3) is 0.333. The lowest BCUT2D eigenvalue weighted by Crippen LogP contribution is -2.24. The highest BCUT2D eigenvalue weighted by Crippen LogP contribution is 2.19. The third-order valence-corrected chi connectivity index (χ3v) is 1.89. The number of nitrogens with one attached hydrogen (secondary N) is 1. The van der Waals surface area contributed by atoms with E-state index in [0.717, 1.165) is 5.69 Å². The average molecular weight is 178 g/mol. The molecule has 0 radical (unpaired) electrons. The third-order valence-electron chi connectivity index (χ3n) is 1.89. The van der Waals surface area contributed by atoms with Crippen LogP contribution in [0.3, 0.4) is 0 Å². The molecule has 1 N–H and O–H groups in total. The Hall–Kier alpha value is -1.58. The van der Waals surface area contributed by atoms with Gasteiger partial charge in [0.25, 0.3) is 5.91 Å².